The van der Waals surface area contributed by atoms with Crippen LogP contribution in [0.4, 0.5) is 0 Å². The normalized spacial score (nSPS) is 7.70. The number of hydrogen-bond donors (Lipinski definition) is 1. The van der Waals surface area contributed by atoms with Crippen molar-refractivity contribution < 1.29 is 48.4 Å². The van der Waals surface area contributed by atoms with Gasteiger partial charge in [0, 0.05) is 18.9 Å². The zero-order chi connectivity index (χ0) is 7.28. The zero-order valence-corrected chi connectivity index (χ0v) is 8.39. The van der Waals surface area contributed by atoms with Crippen LogP contribution in [0.3, 0.4) is 0 Å². The molecule has 52 valence electrons. The summed E-state index contributed by atoms with van der Waals surface area (Å²) in [6.45, 7) is 0. The molecular formula is C4H5NaO4S. The number of rotatable bonds is 3. The summed E-state index contributed by atoms with van der Waals surface area (Å²) in [7, 11) is 0. The summed E-state index contributed by atoms with van der Waals surface area (Å²) in [5, 5.41) is 9.68. The summed E-state index contributed by atoms with van der Waals surface area (Å²) in [6.07, 6.45) is -0.509. The molecule has 0 bridgehead atoms. The van der Waals surface area contributed by atoms with Gasteiger partial charge in [0.1, 0.15) is 0 Å². The second-order valence-electron chi connectivity index (χ2n) is 1.34. The first-order valence-corrected chi connectivity index (χ1v) is 2.57. The Labute approximate surface area is 85.8 Å². The van der Waals surface area contributed by atoms with Gasteiger partial charge in [-0.1, -0.05) is 0 Å². The molecular weight excluding hydrogens is 167 g/mol. The van der Waals surface area contributed by atoms with Crippen molar-refractivity contribution in [2.45, 2.75) is 12.8 Å². The van der Waals surface area contributed by atoms with E-state index in [1.165, 1.54) is 0 Å². The molecule has 0 aliphatic heterocycles. The van der Waals surface area contributed by atoms with E-state index in [4.69, 9.17) is 0 Å². The Kier molecular flexibility index (Phi) is 9.56. The van der Waals surface area contributed by atoms with E-state index in [9.17, 15) is 14.7 Å². The summed E-state index contributed by atoms with van der Waals surface area (Å²) in [5.74, 6) is -1.93. The number of carbonyl (C=O) groups is 2. The predicted molar refractivity (Wildman–Crippen MR) is 29.3 cm³/mol. The molecule has 0 saturated heterocycles. The average molecular weight is 172 g/mol. The van der Waals surface area contributed by atoms with Crippen LogP contribution in [0.25, 0.3) is 0 Å². The molecule has 0 spiro atoms. The van der Waals surface area contributed by atoms with Crippen molar-refractivity contribution >= 4 is 24.8 Å². The Hall–Kier alpha value is 0.290. The van der Waals surface area contributed by atoms with E-state index in [2.05, 4.69) is 17.1 Å². The second kappa shape index (κ2) is 7.40. The van der Waals surface area contributed by atoms with E-state index < -0.39 is 11.9 Å². The van der Waals surface area contributed by atoms with Gasteiger partial charge in [-0.05, 0) is 6.42 Å². The Morgan fingerprint density at radius 1 is 1.40 bits per heavy atom. The molecule has 0 aliphatic rings. The molecule has 0 aromatic heterocycles. The van der Waals surface area contributed by atoms with E-state index in [-0.39, 0.29) is 42.4 Å². The molecule has 0 aliphatic carbocycles. The van der Waals surface area contributed by atoms with Gasteiger partial charge in [0.25, 0.3) is 0 Å². The summed E-state index contributed by atoms with van der Waals surface area (Å²) in [5.41, 5.74) is 0. The molecule has 0 atom stereocenters. The molecule has 10 heavy (non-hydrogen) atoms. The van der Waals surface area contributed by atoms with Crippen LogP contribution in [0.5, 0.6) is 0 Å². The largest absolute Gasteiger partial charge is 1.00 e. The van der Waals surface area contributed by atoms with Crippen molar-refractivity contribution in [2.24, 2.45) is 0 Å². The number of hydrogen-bond acceptors (Lipinski definition) is 5. The number of aliphatic carboxylic acids is 1. The maximum atomic E-state index is 10.1. The van der Waals surface area contributed by atoms with Crippen LogP contribution in [0.15, 0.2) is 0 Å². The second-order valence-corrected chi connectivity index (χ2v) is 1.52. The summed E-state index contributed by atoms with van der Waals surface area (Å²) >= 11 is 3.16. The fourth-order valence-electron chi connectivity index (χ4n) is 0.250. The Morgan fingerprint density at radius 2 is 1.90 bits per heavy atom. The number of carboxylic acid groups (broad SMARTS) is 1. The van der Waals surface area contributed by atoms with Crippen LogP contribution in [0, 0.1) is 0 Å². The molecule has 0 heterocycles. The standard InChI is InChI=1S/C4H6O4S.Na/c5-3(6)1-2-4(7)8-9;/h9H,1-2H2,(H,5,6);/q;+1/p-1. The fourth-order valence-corrected chi connectivity index (χ4v) is 0.341. The number of carbonyl (C=O) groups excluding carboxylic acids is 2. The van der Waals surface area contributed by atoms with Gasteiger partial charge in [-0.15, -0.1) is 0 Å². The molecule has 0 unspecified atom stereocenters. The molecule has 0 fully saturated rings. The van der Waals surface area contributed by atoms with Gasteiger partial charge < -0.3 is 14.1 Å². The third kappa shape index (κ3) is 8.29. The van der Waals surface area contributed by atoms with Gasteiger partial charge in [0.2, 0.25) is 0 Å². The minimum absolute atomic E-state index is 0. The van der Waals surface area contributed by atoms with Gasteiger partial charge in [-0.3, -0.25) is 4.79 Å². The van der Waals surface area contributed by atoms with Crippen molar-refractivity contribution in [3.63, 3.8) is 0 Å². The molecule has 0 aromatic rings. The Bertz CT molecular complexity index is 126. The van der Waals surface area contributed by atoms with Crippen molar-refractivity contribution in [3.8, 4) is 0 Å². The van der Waals surface area contributed by atoms with Crippen LogP contribution in [0.2, 0.25) is 0 Å². The van der Waals surface area contributed by atoms with E-state index in [0.717, 1.165) is 0 Å². The molecule has 0 aromatic carbocycles. The minimum Gasteiger partial charge on any atom is -0.550 e. The van der Waals surface area contributed by atoms with E-state index in [0.29, 0.717) is 0 Å². The van der Waals surface area contributed by atoms with Gasteiger partial charge >= 0.3 is 35.5 Å². The van der Waals surface area contributed by atoms with Crippen LogP contribution in [0.1, 0.15) is 12.8 Å². The minimum atomic E-state index is -1.27. The summed E-state index contributed by atoms with van der Waals surface area (Å²) in [4.78, 5) is 19.8. The molecule has 4 nitrogen and oxygen atoms in total. The molecule has 0 amide bonds. The monoisotopic (exact) mass is 172 g/mol. The maximum absolute atomic E-state index is 10.1. The van der Waals surface area contributed by atoms with Crippen LogP contribution >= 0.6 is 12.9 Å². The molecule has 0 radical (unpaired) electrons. The van der Waals surface area contributed by atoms with Gasteiger partial charge in [-0.25, -0.2) is 0 Å². The Balaban J connectivity index is 0. The number of carboxylic acids is 1. The third-order valence-electron chi connectivity index (χ3n) is 0.635. The van der Waals surface area contributed by atoms with E-state index in [1.54, 1.807) is 0 Å². The van der Waals surface area contributed by atoms with E-state index >= 15 is 0 Å². The SMILES string of the molecule is O=C([O-])CCC(=O)OS.[Na+]. The first-order chi connectivity index (χ1) is 4.16. The first kappa shape index (κ1) is 12.9. The van der Waals surface area contributed by atoms with Gasteiger partial charge in [0.15, 0.2) is 0 Å². The Morgan fingerprint density at radius 3 is 2.20 bits per heavy atom. The number of thiol groups is 1. The van der Waals surface area contributed by atoms with Crippen molar-refractivity contribution in [3.05, 3.63) is 0 Å². The first-order valence-electron chi connectivity index (χ1n) is 2.21. The van der Waals surface area contributed by atoms with Crippen LogP contribution < -0.4 is 34.7 Å². The predicted octanol–water partition coefficient (Wildman–Crippen LogP) is -4.09. The third-order valence-corrected chi connectivity index (χ3v) is 0.839. The maximum Gasteiger partial charge on any atom is 1.00 e. The quantitative estimate of drug-likeness (QED) is 0.267. The average Bonchev–Trinajstić information content (AvgIpc) is 1.83. The van der Waals surface area contributed by atoms with Gasteiger partial charge in [0.05, 0.1) is 6.42 Å². The smallest absolute Gasteiger partial charge is 0.550 e. The molecule has 0 saturated carbocycles. The topological polar surface area (TPSA) is 66.4 Å². The van der Waals surface area contributed by atoms with Crippen molar-refractivity contribution in [1.82, 2.24) is 0 Å². The fraction of sp³-hybridized carbons (Fsp3) is 0.500. The molecule has 0 rings (SSSR count). The van der Waals surface area contributed by atoms with Crippen LogP contribution in [-0.2, 0) is 13.8 Å². The zero-order valence-electron chi connectivity index (χ0n) is 5.49. The van der Waals surface area contributed by atoms with Crippen molar-refractivity contribution in [1.29, 1.82) is 0 Å². The molecule has 6 heteroatoms. The summed E-state index contributed by atoms with van der Waals surface area (Å²) < 4.78 is 3.86. The summed E-state index contributed by atoms with van der Waals surface area (Å²) in [6, 6.07) is 0. The molecule has 0 N–H and O–H groups in total. The van der Waals surface area contributed by atoms with Crippen molar-refractivity contribution in [2.75, 3.05) is 0 Å². The van der Waals surface area contributed by atoms with Gasteiger partial charge in [-0.2, -0.15) is 0 Å². The van der Waals surface area contributed by atoms with E-state index in [1.807, 2.05) is 0 Å². The van der Waals surface area contributed by atoms with Crippen LogP contribution in [-0.4, -0.2) is 11.9 Å².